The lowest BCUT2D eigenvalue weighted by atomic mass is 10.2. The molecule has 3 nitrogen and oxygen atoms in total. The van der Waals surface area contributed by atoms with Crippen LogP contribution in [-0.4, -0.2) is 18.1 Å². The van der Waals surface area contributed by atoms with E-state index < -0.39 is 0 Å². The third kappa shape index (κ3) is 6.15. The van der Waals surface area contributed by atoms with Crippen molar-refractivity contribution in [2.24, 2.45) is 0 Å². The predicted octanol–water partition coefficient (Wildman–Crippen LogP) is 3.86. The van der Waals surface area contributed by atoms with Gasteiger partial charge in [-0.1, -0.05) is 33.1 Å². The molecule has 0 radical (unpaired) electrons. The molecular formula is C14H24N2O. The molecule has 1 heterocycles. The van der Waals surface area contributed by atoms with Crippen LogP contribution in [0, 0.1) is 0 Å². The largest absolute Gasteiger partial charge is 0.493 e. The summed E-state index contributed by atoms with van der Waals surface area (Å²) in [7, 11) is 0. The summed E-state index contributed by atoms with van der Waals surface area (Å²) in [4.78, 5) is 4.24. The Morgan fingerprint density at radius 3 is 2.82 bits per heavy atom. The summed E-state index contributed by atoms with van der Waals surface area (Å²) >= 11 is 0. The number of ether oxygens (including phenoxy) is 1. The first kappa shape index (κ1) is 13.8. The molecule has 0 fully saturated rings. The molecule has 0 atom stereocenters. The quantitative estimate of drug-likeness (QED) is 0.661. The third-order valence-corrected chi connectivity index (χ3v) is 2.55. The molecule has 0 amide bonds. The molecule has 3 heteroatoms. The Balaban J connectivity index is 2.27. The number of nitrogens with one attached hydrogen (secondary N) is 1. The lowest BCUT2D eigenvalue weighted by molar-refractivity contribution is 0.305. The van der Waals surface area contributed by atoms with Crippen LogP contribution >= 0.6 is 0 Å². The normalized spacial score (nSPS) is 10.2. The second-order valence-electron chi connectivity index (χ2n) is 4.21. The molecule has 0 bridgehead atoms. The number of nitrogens with zero attached hydrogens (tertiary/aromatic N) is 1. The molecule has 0 saturated carbocycles. The SMILES string of the molecule is CCCCCCOc1ccnc(NCCC)c1. The summed E-state index contributed by atoms with van der Waals surface area (Å²) in [6.07, 6.45) is 7.84. The van der Waals surface area contributed by atoms with Gasteiger partial charge in [0.1, 0.15) is 11.6 Å². The Kier molecular flexibility index (Phi) is 7.19. The molecule has 1 aromatic heterocycles. The minimum Gasteiger partial charge on any atom is -0.493 e. The summed E-state index contributed by atoms with van der Waals surface area (Å²) in [6.45, 7) is 6.11. The lowest BCUT2D eigenvalue weighted by Crippen LogP contribution is -2.03. The molecule has 96 valence electrons. The lowest BCUT2D eigenvalue weighted by Gasteiger charge is -2.08. The monoisotopic (exact) mass is 236 g/mol. The minimum atomic E-state index is 0.803. The van der Waals surface area contributed by atoms with Gasteiger partial charge < -0.3 is 10.1 Å². The average molecular weight is 236 g/mol. The van der Waals surface area contributed by atoms with E-state index in [1.807, 2.05) is 12.1 Å². The van der Waals surface area contributed by atoms with Crippen molar-refractivity contribution < 1.29 is 4.74 Å². The fraction of sp³-hybridized carbons (Fsp3) is 0.643. The van der Waals surface area contributed by atoms with E-state index in [1.165, 1.54) is 19.3 Å². The van der Waals surface area contributed by atoms with Crippen molar-refractivity contribution in [1.29, 1.82) is 0 Å². The maximum absolute atomic E-state index is 5.69. The van der Waals surface area contributed by atoms with Gasteiger partial charge in [0, 0.05) is 18.8 Å². The van der Waals surface area contributed by atoms with E-state index in [-0.39, 0.29) is 0 Å². The molecule has 0 spiro atoms. The van der Waals surface area contributed by atoms with Crippen LogP contribution in [0.3, 0.4) is 0 Å². The minimum absolute atomic E-state index is 0.803. The molecule has 0 aliphatic heterocycles. The van der Waals surface area contributed by atoms with Gasteiger partial charge in [-0.25, -0.2) is 4.98 Å². The van der Waals surface area contributed by atoms with Crippen LogP contribution in [0.4, 0.5) is 5.82 Å². The molecule has 0 aliphatic rings. The fourth-order valence-corrected chi connectivity index (χ4v) is 1.57. The number of aromatic nitrogens is 1. The summed E-state index contributed by atoms with van der Waals surface area (Å²) in [5.41, 5.74) is 0. The van der Waals surface area contributed by atoms with Gasteiger partial charge in [-0.2, -0.15) is 0 Å². The highest BCUT2D eigenvalue weighted by atomic mass is 16.5. The topological polar surface area (TPSA) is 34.1 Å². The second kappa shape index (κ2) is 8.85. The molecule has 0 aromatic carbocycles. The Hall–Kier alpha value is -1.25. The van der Waals surface area contributed by atoms with Gasteiger partial charge in [0.2, 0.25) is 0 Å². The van der Waals surface area contributed by atoms with Gasteiger partial charge in [0.15, 0.2) is 0 Å². The molecular weight excluding hydrogens is 212 g/mol. The predicted molar refractivity (Wildman–Crippen MR) is 72.7 cm³/mol. The first-order valence-corrected chi connectivity index (χ1v) is 6.69. The first-order valence-electron chi connectivity index (χ1n) is 6.69. The Bertz CT molecular complexity index is 302. The zero-order valence-corrected chi connectivity index (χ0v) is 11.0. The first-order chi connectivity index (χ1) is 8.36. The molecule has 1 N–H and O–H groups in total. The fourth-order valence-electron chi connectivity index (χ4n) is 1.57. The van der Waals surface area contributed by atoms with Gasteiger partial charge in [-0.3, -0.25) is 0 Å². The molecule has 1 aromatic rings. The second-order valence-corrected chi connectivity index (χ2v) is 4.21. The van der Waals surface area contributed by atoms with E-state index >= 15 is 0 Å². The highest BCUT2D eigenvalue weighted by Gasteiger charge is 1.97. The van der Waals surface area contributed by atoms with Crippen molar-refractivity contribution in [2.45, 2.75) is 46.0 Å². The van der Waals surface area contributed by atoms with Crippen LogP contribution in [0.5, 0.6) is 5.75 Å². The Morgan fingerprint density at radius 2 is 2.06 bits per heavy atom. The number of rotatable bonds is 9. The van der Waals surface area contributed by atoms with Crippen molar-refractivity contribution in [2.75, 3.05) is 18.5 Å². The summed E-state index contributed by atoms with van der Waals surface area (Å²) in [6, 6.07) is 3.88. The van der Waals surface area contributed by atoms with Crippen molar-refractivity contribution in [1.82, 2.24) is 4.98 Å². The summed E-state index contributed by atoms with van der Waals surface area (Å²) in [5, 5.41) is 3.25. The van der Waals surface area contributed by atoms with E-state index in [0.29, 0.717) is 0 Å². The number of hydrogen-bond donors (Lipinski definition) is 1. The van der Waals surface area contributed by atoms with E-state index in [4.69, 9.17) is 4.74 Å². The van der Waals surface area contributed by atoms with Gasteiger partial charge in [-0.05, 0) is 18.9 Å². The molecule has 0 aliphatic carbocycles. The van der Waals surface area contributed by atoms with Crippen molar-refractivity contribution >= 4 is 5.82 Å². The van der Waals surface area contributed by atoms with Crippen LogP contribution in [-0.2, 0) is 0 Å². The maximum Gasteiger partial charge on any atom is 0.129 e. The molecule has 1 rings (SSSR count). The van der Waals surface area contributed by atoms with Crippen LogP contribution in [0.1, 0.15) is 46.0 Å². The van der Waals surface area contributed by atoms with E-state index in [9.17, 15) is 0 Å². The van der Waals surface area contributed by atoms with E-state index in [1.54, 1.807) is 6.20 Å². The summed E-state index contributed by atoms with van der Waals surface area (Å²) < 4.78 is 5.69. The van der Waals surface area contributed by atoms with Gasteiger partial charge in [-0.15, -0.1) is 0 Å². The third-order valence-electron chi connectivity index (χ3n) is 2.55. The van der Waals surface area contributed by atoms with Gasteiger partial charge in [0.05, 0.1) is 6.61 Å². The molecule has 17 heavy (non-hydrogen) atoms. The number of pyridine rings is 1. The zero-order chi connectivity index (χ0) is 12.3. The van der Waals surface area contributed by atoms with Crippen molar-refractivity contribution in [3.63, 3.8) is 0 Å². The molecule has 0 saturated heterocycles. The van der Waals surface area contributed by atoms with E-state index in [2.05, 4.69) is 24.1 Å². The van der Waals surface area contributed by atoms with Crippen LogP contribution in [0.25, 0.3) is 0 Å². The van der Waals surface area contributed by atoms with Crippen LogP contribution in [0.15, 0.2) is 18.3 Å². The zero-order valence-electron chi connectivity index (χ0n) is 11.0. The standard InChI is InChI=1S/C14H24N2O/c1-3-5-6-7-11-17-13-8-10-16-14(12-13)15-9-4-2/h8,10,12H,3-7,9,11H2,1-2H3,(H,15,16). The molecule has 0 unspecified atom stereocenters. The highest BCUT2D eigenvalue weighted by Crippen LogP contribution is 2.15. The smallest absolute Gasteiger partial charge is 0.129 e. The van der Waals surface area contributed by atoms with Crippen LogP contribution in [0.2, 0.25) is 0 Å². The van der Waals surface area contributed by atoms with Gasteiger partial charge >= 0.3 is 0 Å². The maximum atomic E-state index is 5.69. The number of anilines is 1. The Morgan fingerprint density at radius 1 is 1.18 bits per heavy atom. The number of unbranched alkanes of at least 4 members (excludes halogenated alkanes) is 3. The number of hydrogen-bond acceptors (Lipinski definition) is 3. The van der Waals surface area contributed by atoms with Crippen molar-refractivity contribution in [3.8, 4) is 5.75 Å². The summed E-state index contributed by atoms with van der Waals surface area (Å²) in [5.74, 6) is 1.81. The van der Waals surface area contributed by atoms with Crippen molar-refractivity contribution in [3.05, 3.63) is 18.3 Å². The highest BCUT2D eigenvalue weighted by molar-refractivity contribution is 5.40. The van der Waals surface area contributed by atoms with E-state index in [0.717, 1.165) is 37.6 Å². The average Bonchev–Trinajstić information content (AvgIpc) is 2.37. The van der Waals surface area contributed by atoms with Gasteiger partial charge in [0.25, 0.3) is 0 Å². The van der Waals surface area contributed by atoms with Crippen LogP contribution < -0.4 is 10.1 Å². The Labute approximate surface area is 105 Å².